The lowest BCUT2D eigenvalue weighted by Gasteiger charge is -2.33. The molecule has 0 spiro atoms. The predicted octanol–water partition coefficient (Wildman–Crippen LogP) is 1.73. The number of nitrogens with zero attached hydrogens (tertiary/aromatic N) is 1. The normalized spacial score (nSPS) is 28.6. The van der Waals surface area contributed by atoms with E-state index in [0.717, 1.165) is 0 Å². The van der Waals surface area contributed by atoms with Crippen LogP contribution >= 0.6 is 0 Å². The van der Waals surface area contributed by atoms with E-state index in [4.69, 9.17) is 5.11 Å². The van der Waals surface area contributed by atoms with Crippen molar-refractivity contribution in [3.05, 3.63) is 0 Å². The van der Waals surface area contributed by atoms with Gasteiger partial charge in [-0.3, -0.25) is 9.69 Å². The third-order valence-electron chi connectivity index (χ3n) is 4.09. The predicted molar refractivity (Wildman–Crippen MR) is 62.6 cm³/mol. The molecule has 1 saturated heterocycles. The number of rotatable bonds is 4. The van der Waals surface area contributed by atoms with E-state index in [-0.39, 0.29) is 19.0 Å². The van der Waals surface area contributed by atoms with Gasteiger partial charge in [0, 0.05) is 13.1 Å². The van der Waals surface area contributed by atoms with Crippen LogP contribution in [0.15, 0.2) is 0 Å². The second kappa shape index (κ2) is 4.94. The Morgan fingerprint density at radius 1 is 1.42 bits per heavy atom. The standard InChI is InChI=1S/C12H20F3NO3/c1-8(2)10(3,19)6-16-5-4-11(7-16,9(17)18)12(13,14)15/h8,19H,4-7H2,1-3H3,(H,17,18). The van der Waals surface area contributed by atoms with Gasteiger partial charge in [0.2, 0.25) is 0 Å². The quantitative estimate of drug-likeness (QED) is 0.825. The zero-order valence-corrected chi connectivity index (χ0v) is 11.3. The van der Waals surface area contributed by atoms with E-state index in [1.54, 1.807) is 20.8 Å². The van der Waals surface area contributed by atoms with Crippen LogP contribution in [0, 0.1) is 11.3 Å². The molecule has 1 heterocycles. The lowest BCUT2D eigenvalue weighted by molar-refractivity contribution is -0.228. The summed E-state index contributed by atoms with van der Waals surface area (Å²) in [6.07, 6.45) is -5.25. The number of alkyl halides is 3. The highest BCUT2D eigenvalue weighted by Gasteiger charge is 2.63. The third kappa shape index (κ3) is 3.02. The molecule has 4 nitrogen and oxygen atoms in total. The summed E-state index contributed by atoms with van der Waals surface area (Å²) in [6.45, 7) is 4.54. The summed E-state index contributed by atoms with van der Waals surface area (Å²) in [7, 11) is 0. The van der Waals surface area contributed by atoms with Gasteiger partial charge in [0.1, 0.15) is 0 Å². The van der Waals surface area contributed by atoms with Crippen molar-refractivity contribution < 1.29 is 28.2 Å². The first-order valence-corrected chi connectivity index (χ1v) is 6.17. The molecule has 112 valence electrons. The lowest BCUT2D eigenvalue weighted by Crippen LogP contribution is -2.49. The zero-order valence-electron chi connectivity index (χ0n) is 11.3. The number of β-amino-alcohol motifs (C(OH)–C–C–N with tert-alkyl or cyclic N) is 1. The van der Waals surface area contributed by atoms with Gasteiger partial charge in [0.05, 0.1) is 5.60 Å². The number of hydrogen-bond donors (Lipinski definition) is 2. The molecule has 1 aliphatic rings. The molecule has 0 saturated carbocycles. The average molecular weight is 283 g/mol. The summed E-state index contributed by atoms with van der Waals surface area (Å²) in [4.78, 5) is 12.4. The minimum absolute atomic E-state index is 0.0225. The van der Waals surface area contributed by atoms with E-state index >= 15 is 0 Å². The maximum Gasteiger partial charge on any atom is 0.406 e. The van der Waals surface area contributed by atoms with Crippen molar-refractivity contribution in [2.45, 2.75) is 39.0 Å². The summed E-state index contributed by atoms with van der Waals surface area (Å²) < 4.78 is 38.9. The molecule has 2 N–H and O–H groups in total. The van der Waals surface area contributed by atoms with Crippen LogP contribution in [0.25, 0.3) is 0 Å². The van der Waals surface area contributed by atoms with Crippen molar-refractivity contribution in [3.63, 3.8) is 0 Å². The van der Waals surface area contributed by atoms with Crippen molar-refractivity contribution in [2.75, 3.05) is 19.6 Å². The molecule has 2 atom stereocenters. The number of carboxylic acids is 1. The summed E-state index contributed by atoms with van der Waals surface area (Å²) >= 11 is 0. The SMILES string of the molecule is CC(C)C(C)(O)CN1CCC(C(=O)O)(C(F)(F)F)C1. The molecule has 0 aromatic rings. The Morgan fingerprint density at radius 2 is 1.95 bits per heavy atom. The molecule has 0 radical (unpaired) electrons. The number of carbonyl (C=O) groups is 1. The summed E-state index contributed by atoms with van der Waals surface area (Å²) in [5.74, 6) is -1.97. The first-order chi connectivity index (χ1) is 8.42. The van der Waals surface area contributed by atoms with E-state index in [0.29, 0.717) is 0 Å². The van der Waals surface area contributed by atoms with Gasteiger partial charge >= 0.3 is 12.1 Å². The molecular weight excluding hydrogens is 263 g/mol. The number of aliphatic hydroxyl groups is 1. The van der Waals surface area contributed by atoms with Crippen LogP contribution in [0.4, 0.5) is 13.2 Å². The lowest BCUT2D eigenvalue weighted by atomic mass is 9.86. The minimum atomic E-state index is -4.78. The Morgan fingerprint density at radius 3 is 2.26 bits per heavy atom. The van der Waals surface area contributed by atoms with Gasteiger partial charge in [-0.25, -0.2) is 0 Å². The zero-order chi connectivity index (χ0) is 15.1. The molecular formula is C12H20F3NO3. The maximum absolute atomic E-state index is 13.0. The Labute approximate surface area is 110 Å². The van der Waals surface area contributed by atoms with E-state index in [2.05, 4.69) is 0 Å². The van der Waals surface area contributed by atoms with Crippen LogP contribution in [0.2, 0.25) is 0 Å². The monoisotopic (exact) mass is 283 g/mol. The molecule has 19 heavy (non-hydrogen) atoms. The van der Waals surface area contributed by atoms with E-state index in [1.165, 1.54) is 4.90 Å². The van der Waals surface area contributed by atoms with Gasteiger partial charge in [0.15, 0.2) is 5.41 Å². The van der Waals surface area contributed by atoms with E-state index in [9.17, 15) is 23.1 Å². The van der Waals surface area contributed by atoms with Gasteiger partial charge in [-0.2, -0.15) is 13.2 Å². The Balaban J connectivity index is 2.84. The summed E-state index contributed by atoms with van der Waals surface area (Å²) in [6, 6.07) is 0. The fourth-order valence-corrected chi connectivity index (χ4v) is 2.19. The number of hydrogen-bond acceptors (Lipinski definition) is 3. The van der Waals surface area contributed by atoms with Gasteiger partial charge in [0.25, 0.3) is 0 Å². The topological polar surface area (TPSA) is 60.8 Å². The van der Waals surface area contributed by atoms with Crippen LogP contribution in [-0.2, 0) is 4.79 Å². The number of halogens is 3. The van der Waals surface area contributed by atoms with Gasteiger partial charge in [-0.1, -0.05) is 13.8 Å². The summed E-state index contributed by atoms with van der Waals surface area (Å²) in [5.41, 5.74) is -3.85. The van der Waals surface area contributed by atoms with Gasteiger partial charge < -0.3 is 10.2 Å². The first kappa shape index (κ1) is 16.2. The van der Waals surface area contributed by atoms with E-state index < -0.39 is 36.1 Å². The van der Waals surface area contributed by atoms with Crippen LogP contribution in [0.5, 0.6) is 0 Å². The van der Waals surface area contributed by atoms with E-state index in [1.807, 2.05) is 0 Å². The molecule has 0 aromatic carbocycles. The van der Waals surface area contributed by atoms with Crippen molar-refractivity contribution in [1.82, 2.24) is 4.90 Å². The third-order valence-corrected chi connectivity index (χ3v) is 4.09. The average Bonchev–Trinajstić information content (AvgIpc) is 2.61. The molecule has 1 aliphatic heterocycles. The van der Waals surface area contributed by atoms with Crippen LogP contribution in [0.1, 0.15) is 27.2 Å². The molecule has 1 rings (SSSR count). The number of carboxylic acid groups (broad SMARTS) is 1. The molecule has 2 unspecified atom stereocenters. The first-order valence-electron chi connectivity index (χ1n) is 6.17. The number of likely N-dealkylation sites (tertiary alicyclic amines) is 1. The Kier molecular flexibility index (Phi) is 4.22. The van der Waals surface area contributed by atoms with Crippen molar-refractivity contribution >= 4 is 5.97 Å². The molecule has 1 fully saturated rings. The highest BCUT2D eigenvalue weighted by molar-refractivity contribution is 5.76. The Hall–Kier alpha value is -0.820. The van der Waals surface area contributed by atoms with Gasteiger partial charge in [-0.15, -0.1) is 0 Å². The second-order valence-corrected chi connectivity index (χ2v) is 5.86. The smallest absolute Gasteiger partial charge is 0.406 e. The van der Waals surface area contributed by atoms with Gasteiger partial charge in [-0.05, 0) is 25.8 Å². The Bertz CT molecular complexity index is 355. The largest absolute Gasteiger partial charge is 0.481 e. The summed E-state index contributed by atoms with van der Waals surface area (Å²) in [5, 5.41) is 19.0. The fraction of sp³-hybridized carbons (Fsp3) is 0.917. The fourth-order valence-electron chi connectivity index (χ4n) is 2.19. The maximum atomic E-state index is 13.0. The second-order valence-electron chi connectivity index (χ2n) is 5.86. The van der Waals surface area contributed by atoms with Crippen molar-refractivity contribution in [1.29, 1.82) is 0 Å². The molecule has 0 aromatic heterocycles. The van der Waals surface area contributed by atoms with Crippen molar-refractivity contribution in [2.24, 2.45) is 11.3 Å². The highest BCUT2D eigenvalue weighted by Crippen LogP contribution is 2.46. The van der Waals surface area contributed by atoms with Crippen molar-refractivity contribution in [3.8, 4) is 0 Å². The van der Waals surface area contributed by atoms with Crippen LogP contribution < -0.4 is 0 Å². The molecule has 7 heteroatoms. The highest BCUT2D eigenvalue weighted by atomic mass is 19.4. The number of aliphatic carboxylic acids is 1. The minimum Gasteiger partial charge on any atom is -0.481 e. The molecule has 0 amide bonds. The molecule has 0 bridgehead atoms. The van der Waals surface area contributed by atoms with Crippen LogP contribution in [-0.4, -0.2) is 52.5 Å². The van der Waals surface area contributed by atoms with Crippen LogP contribution in [0.3, 0.4) is 0 Å². The molecule has 0 aliphatic carbocycles.